The van der Waals surface area contributed by atoms with Gasteiger partial charge in [-0.25, -0.2) is 4.79 Å². The fourth-order valence-corrected chi connectivity index (χ4v) is 4.22. The van der Waals surface area contributed by atoms with E-state index in [1.807, 2.05) is 24.3 Å². The lowest BCUT2D eigenvalue weighted by atomic mass is 10.0. The van der Waals surface area contributed by atoms with Gasteiger partial charge in [-0.3, -0.25) is 19.2 Å². The molecule has 218 valence electrons. The molecule has 1 heterocycles. The summed E-state index contributed by atoms with van der Waals surface area (Å²) in [7, 11) is 0. The Bertz CT molecular complexity index is 1380. The third kappa shape index (κ3) is 8.88. The average Bonchev–Trinajstić information content (AvgIpc) is 3.36. The molecule has 3 rings (SSSR count). The summed E-state index contributed by atoms with van der Waals surface area (Å²) in [6.45, 7) is -0.703. The van der Waals surface area contributed by atoms with E-state index in [1.54, 1.807) is 36.5 Å². The van der Waals surface area contributed by atoms with Gasteiger partial charge in [-0.2, -0.15) is 0 Å². The molecule has 0 saturated carbocycles. The molecule has 9 N–H and O–H groups in total. The second-order valence-electron chi connectivity index (χ2n) is 9.50. The molecule has 0 fully saturated rings. The van der Waals surface area contributed by atoms with Crippen molar-refractivity contribution in [1.82, 2.24) is 20.9 Å². The number of hydrogen-bond donors (Lipinski definition) is 8. The van der Waals surface area contributed by atoms with Gasteiger partial charge in [0.2, 0.25) is 17.7 Å². The van der Waals surface area contributed by atoms with Crippen molar-refractivity contribution in [3.63, 3.8) is 0 Å². The average molecular weight is 568 g/mol. The zero-order chi connectivity index (χ0) is 29.9. The van der Waals surface area contributed by atoms with Gasteiger partial charge < -0.3 is 42.0 Å². The summed E-state index contributed by atoms with van der Waals surface area (Å²) in [5.41, 5.74) is 7.65. The number of H-pyrrole nitrogens is 1. The Labute approximate surface area is 235 Å². The van der Waals surface area contributed by atoms with Crippen molar-refractivity contribution in [1.29, 1.82) is 0 Å². The van der Waals surface area contributed by atoms with Crippen LogP contribution in [0.3, 0.4) is 0 Å². The number of carbonyl (C=O) groups excluding carboxylic acids is 3. The number of nitrogens with two attached hydrogens (primary N) is 1. The third-order valence-corrected chi connectivity index (χ3v) is 6.44. The van der Waals surface area contributed by atoms with E-state index in [1.165, 1.54) is 0 Å². The van der Waals surface area contributed by atoms with Crippen molar-refractivity contribution < 1.29 is 39.3 Å². The van der Waals surface area contributed by atoms with Crippen molar-refractivity contribution in [3.05, 3.63) is 71.9 Å². The maximum absolute atomic E-state index is 13.4. The van der Waals surface area contributed by atoms with E-state index in [4.69, 9.17) is 15.9 Å². The Morgan fingerprint density at radius 3 is 2.05 bits per heavy atom. The second kappa shape index (κ2) is 14.6. The van der Waals surface area contributed by atoms with E-state index < -0.39 is 66.9 Å². The highest BCUT2D eigenvalue weighted by atomic mass is 16.4. The van der Waals surface area contributed by atoms with Crippen LogP contribution in [0.15, 0.2) is 60.8 Å². The first kappa shape index (κ1) is 30.8. The molecule has 3 amide bonds. The van der Waals surface area contributed by atoms with Crippen molar-refractivity contribution in [2.24, 2.45) is 5.73 Å². The summed E-state index contributed by atoms with van der Waals surface area (Å²) in [6.07, 6.45) is 0.820. The lowest BCUT2D eigenvalue weighted by Crippen LogP contribution is -2.58. The molecular formula is C28H33N5O8. The minimum atomic E-state index is -1.39. The van der Waals surface area contributed by atoms with Gasteiger partial charge in [0.25, 0.3) is 0 Å². The molecule has 0 spiro atoms. The van der Waals surface area contributed by atoms with Crippen LogP contribution in [-0.4, -0.2) is 80.7 Å². The zero-order valence-electron chi connectivity index (χ0n) is 22.1. The SMILES string of the molecule is NC(CO)C(=O)NC(CCC(=O)O)C(=O)NC(Cc1ccccc1)C(=O)NC(Cc1c[nH]c2ccccc12)C(=O)O. The van der Waals surface area contributed by atoms with E-state index in [2.05, 4.69) is 20.9 Å². The van der Waals surface area contributed by atoms with Crippen LogP contribution in [0.4, 0.5) is 0 Å². The number of aliphatic hydroxyl groups is 1. The van der Waals surface area contributed by atoms with Crippen LogP contribution in [0, 0.1) is 0 Å². The molecule has 13 heteroatoms. The van der Waals surface area contributed by atoms with Gasteiger partial charge in [0, 0.05) is 36.4 Å². The van der Waals surface area contributed by atoms with Gasteiger partial charge in [-0.05, 0) is 23.6 Å². The largest absolute Gasteiger partial charge is 0.481 e. The lowest BCUT2D eigenvalue weighted by Gasteiger charge is -2.25. The second-order valence-corrected chi connectivity index (χ2v) is 9.50. The molecule has 0 aliphatic rings. The minimum absolute atomic E-state index is 0.0202. The van der Waals surface area contributed by atoms with E-state index in [-0.39, 0.29) is 19.3 Å². The van der Waals surface area contributed by atoms with Gasteiger partial charge in [-0.15, -0.1) is 0 Å². The van der Waals surface area contributed by atoms with Crippen LogP contribution in [0.2, 0.25) is 0 Å². The van der Waals surface area contributed by atoms with E-state index in [0.29, 0.717) is 11.1 Å². The Morgan fingerprint density at radius 1 is 0.780 bits per heavy atom. The van der Waals surface area contributed by atoms with Gasteiger partial charge >= 0.3 is 11.9 Å². The monoisotopic (exact) mass is 567 g/mol. The van der Waals surface area contributed by atoms with Crippen LogP contribution < -0.4 is 21.7 Å². The molecule has 13 nitrogen and oxygen atoms in total. The molecule has 4 unspecified atom stereocenters. The number of aromatic nitrogens is 1. The number of amides is 3. The Morgan fingerprint density at radius 2 is 1.39 bits per heavy atom. The summed E-state index contributed by atoms with van der Waals surface area (Å²) in [4.78, 5) is 65.2. The minimum Gasteiger partial charge on any atom is -0.481 e. The fraction of sp³-hybridized carbons (Fsp3) is 0.321. The van der Waals surface area contributed by atoms with E-state index in [9.17, 15) is 29.1 Å². The molecule has 0 bridgehead atoms. The van der Waals surface area contributed by atoms with Crippen LogP contribution in [-0.2, 0) is 36.8 Å². The molecule has 0 aliphatic carbocycles. The van der Waals surface area contributed by atoms with Crippen LogP contribution in [0.25, 0.3) is 10.9 Å². The number of hydrogen-bond acceptors (Lipinski definition) is 7. The zero-order valence-corrected chi connectivity index (χ0v) is 22.1. The summed E-state index contributed by atoms with van der Waals surface area (Å²) in [5, 5.41) is 36.3. The predicted molar refractivity (Wildman–Crippen MR) is 148 cm³/mol. The number of para-hydroxylation sites is 1. The fourth-order valence-electron chi connectivity index (χ4n) is 4.22. The number of nitrogens with one attached hydrogen (secondary N) is 4. The van der Waals surface area contributed by atoms with Gasteiger partial charge in [-0.1, -0.05) is 48.5 Å². The molecule has 1 aromatic heterocycles. The van der Waals surface area contributed by atoms with E-state index >= 15 is 0 Å². The smallest absolute Gasteiger partial charge is 0.326 e. The van der Waals surface area contributed by atoms with E-state index in [0.717, 1.165) is 10.9 Å². The first-order valence-electron chi connectivity index (χ1n) is 12.9. The molecule has 0 saturated heterocycles. The summed E-state index contributed by atoms with van der Waals surface area (Å²) in [6, 6.07) is 10.6. The number of fused-ring (bicyclic) bond motifs is 1. The highest BCUT2D eigenvalue weighted by molar-refractivity contribution is 5.94. The molecule has 41 heavy (non-hydrogen) atoms. The van der Waals surface area contributed by atoms with Gasteiger partial charge in [0.05, 0.1) is 6.61 Å². The maximum Gasteiger partial charge on any atom is 0.326 e. The summed E-state index contributed by atoms with van der Waals surface area (Å²) in [5.74, 6) is -5.04. The Hall–Kier alpha value is -4.75. The number of carboxylic acid groups (broad SMARTS) is 2. The number of carbonyl (C=O) groups is 5. The molecule has 0 radical (unpaired) electrons. The summed E-state index contributed by atoms with van der Waals surface area (Å²) < 4.78 is 0. The number of benzene rings is 2. The number of aliphatic hydroxyl groups excluding tert-OH is 1. The molecule has 2 aromatic carbocycles. The van der Waals surface area contributed by atoms with Gasteiger partial charge in [0.15, 0.2) is 0 Å². The van der Waals surface area contributed by atoms with Crippen LogP contribution in [0.5, 0.6) is 0 Å². The quantitative estimate of drug-likeness (QED) is 0.120. The van der Waals surface area contributed by atoms with Crippen molar-refractivity contribution in [2.75, 3.05) is 6.61 Å². The number of carboxylic acids is 2. The Kier molecular flexibility index (Phi) is 11.0. The number of aromatic amines is 1. The molecule has 0 aliphatic heterocycles. The highest BCUT2D eigenvalue weighted by Crippen LogP contribution is 2.19. The normalized spacial score (nSPS) is 13.9. The molecular weight excluding hydrogens is 534 g/mol. The van der Waals surface area contributed by atoms with Crippen molar-refractivity contribution >= 4 is 40.6 Å². The van der Waals surface area contributed by atoms with Gasteiger partial charge in [0.1, 0.15) is 24.2 Å². The maximum atomic E-state index is 13.4. The molecule has 3 aromatic rings. The standard InChI is InChI=1S/C28H33N5O8/c29-19(15-34)25(37)31-21(10-11-24(35)36)26(38)32-22(12-16-6-2-1-3-7-16)27(39)33-23(28(40)41)13-17-14-30-20-9-5-4-8-18(17)20/h1-9,14,19,21-23,30,34H,10-13,15,29H2,(H,31,37)(H,32,38)(H,33,39)(H,35,36)(H,40,41). The first-order chi connectivity index (χ1) is 19.6. The topological polar surface area (TPSA) is 224 Å². The highest BCUT2D eigenvalue weighted by Gasteiger charge is 2.31. The Balaban J connectivity index is 1.82. The number of aliphatic carboxylic acids is 2. The molecule has 4 atom stereocenters. The van der Waals surface area contributed by atoms with Crippen molar-refractivity contribution in [2.45, 2.75) is 49.9 Å². The van der Waals surface area contributed by atoms with Crippen molar-refractivity contribution in [3.8, 4) is 0 Å². The lowest BCUT2D eigenvalue weighted by molar-refractivity contribution is -0.142. The predicted octanol–water partition coefficient (Wildman–Crippen LogP) is -0.323. The number of rotatable bonds is 15. The first-order valence-corrected chi connectivity index (χ1v) is 12.9. The third-order valence-electron chi connectivity index (χ3n) is 6.44. The summed E-state index contributed by atoms with van der Waals surface area (Å²) >= 11 is 0. The van der Waals surface area contributed by atoms with Crippen LogP contribution in [0.1, 0.15) is 24.0 Å². The van der Waals surface area contributed by atoms with Crippen LogP contribution >= 0.6 is 0 Å².